The highest BCUT2D eigenvalue weighted by Gasteiger charge is 2.33. The molecule has 0 unspecified atom stereocenters. The monoisotopic (exact) mass is 490 g/mol. The molecule has 3 aromatic rings. The molecule has 1 aliphatic heterocycles. The van der Waals surface area contributed by atoms with Crippen LogP contribution in [0.4, 0.5) is 0 Å². The Hall–Kier alpha value is -2.93. The fourth-order valence-electron chi connectivity index (χ4n) is 4.67. The number of hydrogen-bond donors (Lipinski definition) is 1. The molecule has 5 nitrogen and oxygen atoms in total. The van der Waals surface area contributed by atoms with Crippen molar-refractivity contribution in [2.45, 2.75) is 31.9 Å². The molecule has 1 N–H and O–H groups in total. The third kappa shape index (κ3) is 6.82. The van der Waals surface area contributed by atoms with Gasteiger partial charge in [0.2, 0.25) is 5.91 Å². The zero-order valence-corrected chi connectivity index (χ0v) is 21.1. The maximum absolute atomic E-state index is 13.5. The first-order valence-electron chi connectivity index (χ1n) is 12.1. The van der Waals surface area contributed by atoms with Gasteiger partial charge in [-0.3, -0.25) is 9.69 Å². The topological polar surface area (TPSA) is 53.0 Å². The smallest absolute Gasteiger partial charge is 0.237 e. The molecular formula is C29H34N2O3S. The fourth-order valence-corrected chi connectivity index (χ4v) is 5.60. The Labute approximate surface area is 212 Å². The summed E-state index contributed by atoms with van der Waals surface area (Å²) in [5.41, 5.74) is 3.41. The second-order valence-electron chi connectivity index (χ2n) is 9.11. The summed E-state index contributed by atoms with van der Waals surface area (Å²) in [7, 11) is 0. The predicted octanol–water partition coefficient (Wildman–Crippen LogP) is 4.65. The lowest BCUT2D eigenvalue weighted by molar-refractivity contribution is -0.136. The molecule has 0 spiro atoms. The van der Waals surface area contributed by atoms with Gasteiger partial charge in [0.15, 0.2) is 0 Å². The number of hydrogen-bond acceptors (Lipinski definition) is 5. The zero-order chi connectivity index (χ0) is 24.6. The minimum atomic E-state index is -0.560. The van der Waals surface area contributed by atoms with Crippen molar-refractivity contribution in [2.75, 3.05) is 32.8 Å². The van der Waals surface area contributed by atoms with E-state index in [1.54, 1.807) is 17.4 Å². The molecule has 0 aliphatic carbocycles. The largest absolute Gasteiger partial charge is 0.491 e. The van der Waals surface area contributed by atoms with Crippen LogP contribution < -0.4 is 4.74 Å². The maximum Gasteiger partial charge on any atom is 0.237 e. The highest BCUT2D eigenvalue weighted by molar-refractivity contribution is 7.10. The van der Waals surface area contributed by atoms with Crippen molar-refractivity contribution in [2.24, 2.45) is 0 Å². The summed E-state index contributed by atoms with van der Waals surface area (Å²) in [4.78, 5) is 18.8. The van der Waals surface area contributed by atoms with Crippen LogP contribution in [-0.2, 0) is 17.6 Å². The Balaban J connectivity index is 1.43. The van der Waals surface area contributed by atoms with Crippen molar-refractivity contribution < 1.29 is 14.6 Å². The number of aryl methyl sites for hydroxylation is 1. The van der Waals surface area contributed by atoms with Gasteiger partial charge in [-0.2, -0.15) is 0 Å². The molecule has 0 saturated heterocycles. The van der Waals surface area contributed by atoms with Gasteiger partial charge in [0.1, 0.15) is 12.4 Å². The van der Waals surface area contributed by atoms with Gasteiger partial charge in [0.05, 0.1) is 18.7 Å². The van der Waals surface area contributed by atoms with Crippen molar-refractivity contribution in [1.82, 2.24) is 9.80 Å². The normalized spacial score (nSPS) is 16.1. The molecule has 2 aromatic carbocycles. The average molecular weight is 491 g/mol. The summed E-state index contributed by atoms with van der Waals surface area (Å²) in [6, 6.07) is 19.9. The quantitative estimate of drug-likeness (QED) is 0.398. The van der Waals surface area contributed by atoms with Crippen LogP contribution in [0.15, 0.2) is 78.7 Å². The van der Waals surface area contributed by atoms with Gasteiger partial charge in [-0.1, -0.05) is 48.5 Å². The van der Waals surface area contributed by atoms with Gasteiger partial charge in [-0.25, -0.2) is 0 Å². The Morgan fingerprint density at radius 1 is 1.26 bits per heavy atom. The second-order valence-corrected chi connectivity index (χ2v) is 10.1. The highest BCUT2D eigenvalue weighted by Crippen LogP contribution is 2.34. The summed E-state index contributed by atoms with van der Waals surface area (Å²) in [5.74, 6) is 0.866. The molecule has 1 amide bonds. The summed E-state index contributed by atoms with van der Waals surface area (Å²) >= 11 is 1.75. The number of carbonyl (C=O) groups excluding carboxylic acids is 1. The highest BCUT2D eigenvalue weighted by atomic mass is 32.1. The Morgan fingerprint density at radius 3 is 2.86 bits per heavy atom. The van der Waals surface area contributed by atoms with E-state index in [1.807, 2.05) is 71.3 Å². The molecule has 35 heavy (non-hydrogen) atoms. The van der Waals surface area contributed by atoms with Crippen molar-refractivity contribution >= 4 is 17.2 Å². The molecule has 0 bridgehead atoms. The van der Waals surface area contributed by atoms with Crippen LogP contribution in [0.25, 0.3) is 0 Å². The molecule has 184 valence electrons. The third-order valence-electron chi connectivity index (χ3n) is 6.34. The lowest BCUT2D eigenvalue weighted by Crippen LogP contribution is -2.48. The number of ether oxygens (including phenoxy) is 1. The predicted molar refractivity (Wildman–Crippen MR) is 142 cm³/mol. The minimum absolute atomic E-state index is 0.0495. The van der Waals surface area contributed by atoms with Gasteiger partial charge in [0.25, 0.3) is 0 Å². The summed E-state index contributed by atoms with van der Waals surface area (Å²) in [6.07, 6.45) is 2.64. The van der Waals surface area contributed by atoms with E-state index in [0.29, 0.717) is 32.7 Å². The number of fused-ring (bicyclic) bond motifs is 1. The first-order valence-corrected chi connectivity index (χ1v) is 13.0. The van der Waals surface area contributed by atoms with E-state index in [1.165, 1.54) is 10.4 Å². The van der Waals surface area contributed by atoms with E-state index in [9.17, 15) is 9.90 Å². The van der Waals surface area contributed by atoms with Crippen molar-refractivity contribution in [3.8, 4) is 5.75 Å². The van der Waals surface area contributed by atoms with E-state index < -0.39 is 6.10 Å². The Kier molecular flexibility index (Phi) is 8.74. The maximum atomic E-state index is 13.5. The number of nitrogens with zero attached hydrogens (tertiary/aromatic N) is 2. The molecular weight excluding hydrogens is 456 g/mol. The number of aliphatic hydroxyl groups is 1. The van der Waals surface area contributed by atoms with E-state index in [4.69, 9.17) is 4.74 Å². The number of rotatable bonds is 11. The van der Waals surface area contributed by atoms with Crippen LogP contribution in [0.2, 0.25) is 0 Å². The first-order chi connectivity index (χ1) is 17.0. The lowest BCUT2D eigenvalue weighted by atomic mass is 10.00. The molecule has 2 heterocycles. The van der Waals surface area contributed by atoms with E-state index >= 15 is 0 Å². The third-order valence-corrected chi connectivity index (χ3v) is 7.34. The summed E-state index contributed by atoms with van der Waals surface area (Å²) in [6.45, 7) is 8.17. The van der Waals surface area contributed by atoms with Gasteiger partial charge in [-0.05, 0) is 60.0 Å². The molecule has 4 rings (SSSR count). The van der Waals surface area contributed by atoms with Crippen LogP contribution in [0.3, 0.4) is 0 Å². The zero-order valence-electron chi connectivity index (χ0n) is 20.3. The first kappa shape index (κ1) is 25.2. The van der Waals surface area contributed by atoms with Gasteiger partial charge >= 0.3 is 0 Å². The number of amides is 1. The summed E-state index contributed by atoms with van der Waals surface area (Å²) < 4.78 is 6.16. The van der Waals surface area contributed by atoms with Crippen molar-refractivity contribution in [3.63, 3.8) is 0 Å². The van der Waals surface area contributed by atoms with Gasteiger partial charge in [-0.15, -0.1) is 17.9 Å². The van der Waals surface area contributed by atoms with E-state index in [-0.39, 0.29) is 18.5 Å². The summed E-state index contributed by atoms with van der Waals surface area (Å²) in [5, 5.41) is 12.8. The van der Waals surface area contributed by atoms with Gasteiger partial charge < -0.3 is 14.7 Å². The van der Waals surface area contributed by atoms with Crippen LogP contribution in [0.5, 0.6) is 5.75 Å². The van der Waals surface area contributed by atoms with Crippen LogP contribution in [0, 0.1) is 6.92 Å². The minimum Gasteiger partial charge on any atom is -0.491 e. The second kappa shape index (κ2) is 12.2. The molecule has 0 radical (unpaired) electrons. The van der Waals surface area contributed by atoms with Crippen LogP contribution in [-0.4, -0.2) is 59.7 Å². The Morgan fingerprint density at radius 2 is 2.09 bits per heavy atom. The molecule has 6 heteroatoms. The number of thiophene rings is 1. The molecule has 2 atom stereocenters. The fraction of sp³-hybridized carbons (Fsp3) is 0.345. The van der Waals surface area contributed by atoms with E-state index in [2.05, 4.69) is 18.0 Å². The molecule has 1 aliphatic rings. The lowest BCUT2D eigenvalue weighted by Gasteiger charge is -2.37. The van der Waals surface area contributed by atoms with Gasteiger partial charge in [0, 0.05) is 24.5 Å². The van der Waals surface area contributed by atoms with Crippen LogP contribution in [0.1, 0.15) is 27.6 Å². The standard InChI is InChI=1S/C29H34N2O3S/c1-3-14-30(19-24(32)18-23-9-5-4-6-10-23)20-29(33)31-15-12-28-26(13-16-35-28)27(31)21-34-25-11-7-8-22(2)17-25/h3-11,13,16-17,24,27,32H,1,12,14-15,18-21H2,2H3/t24-,27-/m0/s1. The van der Waals surface area contributed by atoms with E-state index in [0.717, 1.165) is 23.3 Å². The van der Waals surface area contributed by atoms with Crippen LogP contribution >= 0.6 is 11.3 Å². The number of benzene rings is 2. The SMILES string of the molecule is C=CCN(CC(=O)N1CCc2sccc2[C@@H]1COc1cccc(C)c1)C[C@@H](O)Cc1ccccc1. The molecule has 0 fully saturated rings. The van der Waals surface area contributed by atoms with Crippen molar-refractivity contribution in [1.29, 1.82) is 0 Å². The Bertz CT molecular complexity index is 1110. The molecule has 0 saturated carbocycles. The van der Waals surface area contributed by atoms with Crippen molar-refractivity contribution in [3.05, 3.63) is 100 Å². The average Bonchev–Trinajstić information content (AvgIpc) is 3.32. The molecule has 1 aromatic heterocycles. The number of aliphatic hydroxyl groups excluding tert-OH is 1. The number of carbonyl (C=O) groups is 1.